The van der Waals surface area contributed by atoms with E-state index in [2.05, 4.69) is 71.9 Å². The Morgan fingerprint density at radius 1 is 0.947 bits per heavy atom. The van der Waals surface area contributed by atoms with Crippen LogP contribution in [0.1, 0.15) is 53.2 Å². The van der Waals surface area contributed by atoms with Gasteiger partial charge in [0.05, 0.1) is 6.10 Å². The quantitative estimate of drug-likeness (QED) is 0.598. The molecular formula is C17H30OSi. The second-order valence-corrected chi connectivity index (χ2v) is 11.2. The van der Waals surface area contributed by atoms with Crippen molar-refractivity contribution in [1.82, 2.24) is 0 Å². The minimum atomic E-state index is -1.57. The summed E-state index contributed by atoms with van der Waals surface area (Å²) in [5.41, 5.74) is 1.46. The molecule has 1 atom stereocenters. The summed E-state index contributed by atoms with van der Waals surface area (Å²) in [7, 11) is -1.57. The van der Waals surface area contributed by atoms with Crippen molar-refractivity contribution in [2.45, 2.75) is 65.8 Å². The van der Waals surface area contributed by atoms with Crippen molar-refractivity contribution >= 4 is 8.32 Å². The first-order valence-corrected chi connectivity index (χ1v) is 10.1. The molecule has 0 fully saturated rings. The monoisotopic (exact) mass is 278 g/mol. The van der Waals surface area contributed by atoms with E-state index in [1.807, 2.05) is 0 Å². The molecule has 1 aromatic carbocycles. The molecular weight excluding hydrogens is 248 g/mol. The Hall–Kier alpha value is -0.603. The normalized spacial score (nSPS) is 14.4. The fourth-order valence-electron chi connectivity index (χ4n) is 2.62. The van der Waals surface area contributed by atoms with Crippen LogP contribution in [0.3, 0.4) is 0 Å². The third-order valence-corrected chi connectivity index (χ3v) is 8.79. The van der Waals surface area contributed by atoms with E-state index >= 15 is 0 Å². The molecule has 1 aromatic rings. The molecule has 0 amide bonds. The summed E-state index contributed by atoms with van der Waals surface area (Å²) in [5, 5.41) is 0. The molecule has 1 rings (SSSR count). The lowest BCUT2D eigenvalue weighted by molar-refractivity contribution is 0.0754. The first-order chi connectivity index (χ1) is 8.88. The van der Waals surface area contributed by atoms with Gasteiger partial charge in [0, 0.05) is 0 Å². The predicted octanol–water partition coefficient (Wildman–Crippen LogP) is 5.80. The number of rotatable bonds is 6. The molecule has 0 spiro atoms. The summed E-state index contributed by atoms with van der Waals surface area (Å²) >= 11 is 0. The molecule has 1 unspecified atom stereocenters. The minimum absolute atomic E-state index is 0.138. The Morgan fingerprint density at radius 3 is 1.79 bits per heavy atom. The standard InChI is InChI=1S/C17H30OSi/c1-7-19(8-2,9-3)18-16(17(4,5)6)15-13-11-10-12-14-15/h10-14,16H,7-9H2,1-6H3. The Morgan fingerprint density at radius 2 is 1.42 bits per heavy atom. The second-order valence-electron chi connectivity index (χ2n) is 6.52. The maximum Gasteiger partial charge on any atom is 0.192 e. The summed E-state index contributed by atoms with van der Waals surface area (Å²) in [6.45, 7) is 13.7. The molecule has 0 aliphatic carbocycles. The summed E-state index contributed by atoms with van der Waals surface area (Å²) in [6.07, 6.45) is 0.209. The van der Waals surface area contributed by atoms with Gasteiger partial charge < -0.3 is 4.43 Å². The van der Waals surface area contributed by atoms with Crippen molar-refractivity contribution in [3.8, 4) is 0 Å². The van der Waals surface area contributed by atoms with Crippen LogP contribution in [0.25, 0.3) is 0 Å². The Bertz CT molecular complexity index is 354. The zero-order valence-electron chi connectivity index (χ0n) is 13.5. The second kappa shape index (κ2) is 6.71. The summed E-state index contributed by atoms with van der Waals surface area (Å²) in [6, 6.07) is 14.3. The third kappa shape index (κ3) is 4.18. The van der Waals surface area contributed by atoms with Gasteiger partial charge in [-0.2, -0.15) is 0 Å². The summed E-state index contributed by atoms with van der Waals surface area (Å²) in [4.78, 5) is 0. The molecule has 0 aliphatic rings. The van der Waals surface area contributed by atoms with Gasteiger partial charge in [-0.3, -0.25) is 0 Å². The van der Waals surface area contributed by atoms with Crippen LogP contribution in [0.4, 0.5) is 0 Å². The van der Waals surface area contributed by atoms with Gasteiger partial charge in [0.15, 0.2) is 8.32 Å². The van der Waals surface area contributed by atoms with Crippen LogP contribution in [0.15, 0.2) is 30.3 Å². The average molecular weight is 279 g/mol. The molecule has 0 bridgehead atoms. The summed E-state index contributed by atoms with van der Waals surface area (Å²) < 4.78 is 6.78. The smallest absolute Gasteiger partial charge is 0.192 e. The summed E-state index contributed by atoms with van der Waals surface area (Å²) in [5.74, 6) is 0. The maximum absolute atomic E-state index is 6.78. The van der Waals surface area contributed by atoms with E-state index in [4.69, 9.17) is 4.43 Å². The largest absolute Gasteiger partial charge is 0.409 e. The van der Waals surface area contributed by atoms with Crippen LogP contribution in [0.2, 0.25) is 18.1 Å². The first kappa shape index (κ1) is 16.5. The molecule has 0 saturated heterocycles. The van der Waals surface area contributed by atoms with Gasteiger partial charge in [0.2, 0.25) is 0 Å². The molecule has 1 nitrogen and oxygen atoms in total. The Balaban J connectivity index is 3.07. The highest BCUT2D eigenvalue weighted by Crippen LogP contribution is 2.40. The molecule has 108 valence electrons. The highest BCUT2D eigenvalue weighted by Gasteiger charge is 2.37. The SMILES string of the molecule is CC[Si](CC)(CC)OC(c1ccccc1)C(C)(C)C. The fourth-order valence-corrected chi connectivity index (χ4v) is 5.61. The van der Waals surface area contributed by atoms with E-state index in [1.165, 1.54) is 23.7 Å². The molecule has 0 heterocycles. The first-order valence-electron chi connectivity index (χ1n) is 7.61. The Labute approximate surface area is 120 Å². The Kier molecular flexibility index (Phi) is 5.81. The molecule has 0 aliphatic heterocycles. The zero-order chi connectivity index (χ0) is 14.5. The van der Waals surface area contributed by atoms with Gasteiger partial charge in [-0.1, -0.05) is 71.9 Å². The van der Waals surface area contributed by atoms with E-state index < -0.39 is 8.32 Å². The molecule has 0 radical (unpaired) electrons. The average Bonchev–Trinajstić information content (AvgIpc) is 2.41. The van der Waals surface area contributed by atoms with E-state index in [9.17, 15) is 0 Å². The van der Waals surface area contributed by atoms with Crippen molar-refractivity contribution in [3.63, 3.8) is 0 Å². The van der Waals surface area contributed by atoms with E-state index in [1.54, 1.807) is 0 Å². The lowest BCUT2D eigenvalue weighted by Gasteiger charge is -2.40. The molecule has 2 heteroatoms. The lowest BCUT2D eigenvalue weighted by Crippen LogP contribution is -2.40. The van der Waals surface area contributed by atoms with Crippen molar-refractivity contribution in [3.05, 3.63) is 35.9 Å². The molecule has 19 heavy (non-hydrogen) atoms. The van der Waals surface area contributed by atoms with Crippen molar-refractivity contribution in [2.75, 3.05) is 0 Å². The van der Waals surface area contributed by atoms with E-state index in [0.29, 0.717) is 0 Å². The maximum atomic E-state index is 6.78. The number of benzene rings is 1. The van der Waals surface area contributed by atoms with E-state index in [-0.39, 0.29) is 11.5 Å². The van der Waals surface area contributed by atoms with Crippen LogP contribution < -0.4 is 0 Å². The van der Waals surface area contributed by atoms with Crippen molar-refractivity contribution in [1.29, 1.82) is 0 Å². The highest BCUT2D eigenvalue weighted by molar-refractivity contribution is 6.73. The van der Waals surface area contributed by atoms with Crippen LogP contribution in [-0.4, -0.2) is 8.32 Å². The van der Waals surface area contributed by atoms with Crippen LogP contribution >= 0.6 is 0 Å². The van der Waals surface area contributed by atoms with Crippen molar-refractivity contribution in [2.24, 2.45) is 5.41 Å². The number of hydrogen-bond donors (Lipinski definition) is 0. The van der Waals surface area contributed by atoms with Gasteiger partial charge in [-0.05, 0) is 29.1 Å². The van der Waals surface area contributed by atoms with Gasteiger partial charge in [0.25, 0.3) is 0 Å². The lowest BCUT2D eigenvalue weighted by atomic mass is 9.85. The molecule has 0 aromatic heterocycles. The van der Waals surface area contributed by atoms with Gasteiger partial charge in [0.1, 0.15) is 0 Å². The van der Waals surface area contributed by atoms with Gasteiger partial charge in [-0.25, -0.2) is 0 Å². The third-order valence-electron chi connectivity index (χ3n) is 4.19. The fraction of sp³-hybridized carbons (Fsp3) is 0.647. The molecule has 0 saturated carbocycles. The number of hydrogen-bond acceptors (Lipinski definition) is 1. The van der Waals surface area contributed by atoms with E-state index in [0.717, 1.165) is 0 Å². The zero-order valence-corrected chi connectivity index (χ0v) is 14.5. The molecule has 0 N–H and O–H groups in total. The van der Waals surface area contributed by atoms with Crippen LogP contribution in [0, 0.1) is 5.41 Å². The van der Waals surface area contributed by atoms with Crippen molar-refractivity contribution < 1.29 is 4.43 Å². The predicted molar refractivity (Wildman–Crippen MR) is 86.9 cm³/mol. The minimum Gasteiger partial charge on any atom is -0.409 e. The topological polar surface area (TPSA) is 9.23 Å². The van der Waals surface area contributed by atoms with Gasteiger partial charge >= 0.3 is 0 Å². The van der Waals surface area contributed by atoms with Crippen LogP contribution in [-0.2, 0) is 4.43 Å². The van der Waals surface area contributed by atoms with Gasteiger partial charge in [-0.15, -0.1) is 0 Å². The highest BCUT2D eigenvalue weighted by atomic mass is 28.4. The van der Waals surface area contributed by atoms with Crippen LogP contribution in [0.5, 0.6) is 0 Å².